The molecule has 0 atom stereocenters. The molecule has 8 aromatic rings. The summed E-state index contributed by atoms with van der Waals surface area (Å²) in [5.74, 6) is -1.04. The first-order valence-electron chi connectivity index (χ1n) is 22.1. The second-order valence-electron chi connectivity index (χ2n) is 16.0. The number of ether oxygens (including phenoxy) is 2. The molecule has 0 aliphatic heterocycles. The van der Waals surface area contributed by atoms with Crippen molar-refractivity contribution in [1.82, 2.24) is 0 Å². The normalized spacial score (nSPS) is 11.5. The molecule has 0 aromatic heterocycles. The molecular formula is C52H42BaCl2N6O12S2. The molecule has 8 aromatic carbocycles. The number of hydrogen-bond donors (Lipinski definition) is 4. The van der Waals surface area contributed by atoms with Gasteiger partial charge in [-0.15, -0.1) is 15.3 Å². The van der Waals surface area contributed by atoms with Crippen molar-refractivity contribution in [1.29, 1.82) is 0 Å². The Morgan fingerprint density at radius 1 is 0.600 bits per heavy atom. The van der Waals surface area contributed by atoms with Crippen LogP contribution in [0, 0.1) is 13.8 Å². The van der Waals surface area contributed by atoms with Crippen molar-refractivity contribution in [2.45, 2.75) is 37.5 Å². The Labute approximate surface area is 481 Å². The average Bonchev–Trinajstić information content (AvgIpc) is 3.36. The van der Waals surface area contributed by atoms with Crippen LogP contribution in [0.25, 0.3) is 21.5 Å². The molecule has 0 spiro atoms. The number of carbonyl (C=O) groups is 2. The molecule has 0 unspecified atom stereocenters. The van der Waals surface area contributed by atoms with Gasteiger partial charge in [-0.05, 0) is 135 Å². The first kappa shape index (κ1) is 57.9. The Morgan fingerprint density at radius 3 is 1.48 bits per heavy atom. The SMILES string of the molecule is CCOc1ccc(NC(=O)c2cc3ccccc3c(N=Nc3cc(S(=O)(=O)O)cc(C)c3Cl)c2O)cc1.CCOc1ccc(NC(=O)c2cc3ccccc3c(N=Nc3cc(S(=O)(=O)[O-])cc(C)c3Cl)c2[O-])cc1.[Ba+2]. The fourth-order valence-electron chi connectivity index (χ4n) is 7.25. The van der Waals surface area contributed by atoms with E-state index in [0.29, 0.717) is 68.8 Å². The Balaban J connectivity index is 0.000000241. The van der Waals surface area contributed by atoms with Crippen LogP contribution < -0.4 is 25.2 Å². The van der Waals surface area contributed by atoms with Crippen molar-refractivity contribution in [2.24, 2.45) is 20.5 Å². The number of azo groups is 2. The zero-order valence-electron chi connectivity index (χ0n) is 40.2. The van der Waals surface area contributed by atoms with Gasteiger partial charge in [-0.1, -0.05) is 77.5 Å². The van der Waals surface area contributed by atoms with E-state index in [-0.39, 0.29) is 92.8 Å². The molecule has 0 heterocycles. The summed E-state index contributed by atoms with van der Waals surface area (Å²) in [7, 11) is -9.29. The van der Waals surface area contributed by atoms with Crippen LogP contribution >= 0.6 is 23.2 Å². The van der Waals surface area contributed by atoms with Crippen LogP contribution in [0.15, 0.2) is 164 Å². The maximum atomic E-state index is 13.3. The number of benzene rings is 8. The van der Waals surface area contributed by atoms with E-state index in [2.05, 4.69) is 31.1 Å². The number of phenolic OH excluding ortho intramolecular Hbond substituents is 1. The first-order chi connectivity index (χ1) is 35.2. The van der Waals surface area contributed by atoms with E-state index >= 15 is 0 Å². The van der Waals surface area contributed by atoms with Gasteiger partial charge in [-0.3, -0.25) is 14.1 Å². The fraction of sp³-hybridized carbons (Fsp3) is 0.115. The predicted octanol–water partition coefficient (Wildman–Crippen LogP) is 12.3. The van der Waals surface area contributed by atoms with Gasteiger partial charge in [-0.2, -0.15) is 13.5 Å². The average molecular weight is 1220 g/mol. The van der Waals surface area contributed by atoms with E-state index in [1.165, 1.54) is 25.1 Å². The number of amides is 2. The number of hydrogen-bond acceptors (Lipinski definition) is 15. The molecule has 0 saturated carbocycles. The van der Waals surface area contributed by atoms with Gasteiger partial charge in [0.1, 0.15) is 38.7 Å². The monoisotopic (exact) mass is 1210 g/mol. The molecule has 0 saturated heterocycles. The van der Waals surface area contributed by atoms with Crippen LogP contribution in [0.2, 0.25) is 10.0 Å². The fourth-order valence-corrected chi connectivity index (χ4v) is 8.71. The van der Waals surface area contributed by atoms with Crippen LogP contribution in [-0.4, -0.2) is 105 Å². The molecule has 4 N–H and O–H groups in total. The summed E-state index contributed by atoms with van der Waals surface area (Å²) in [6, 6.07) is 34.6. The number of rotatable bonds is 14. The Morgan fingerprint density at radius 2 is 1.01 bits per heavy atom. The van der Waals surface area contributed by atoms with Crippen LogP contribution in [-0.2, 0) is 20.2 Å². The quantitative estimate of drug-likeness (QED) is 0.0449. The van der Waals surface area contributed by atoms with Crippen LogP contribution in [0.4, 0.5) is 34.1 Å². The van der Waals surface area contributed by atoms with E-state index in [1.54, 1.807) is 104 Å². The van der Waals surface area contributed by atoms with Gasteiger partial charge >= 0.3 is 48.9 Å². The van der Waals surface area contributed by atoms with E-state index in [4.69, 9.17) is 32.7 Å². The standard InChI is InChI=1S/2C26H22ClN3O6S.Ba/c2*1-3-36-18-10-8-17(9-11-18)28-26(32)21-13-16-6-4-5-7-20(16)24(25(21)31)30-29-22-14-19(37(33,34)35)12-15(2)23(22)27;/h2*4-14,31H,3H2,1-2H3,(H,28,32)(H,33,34,35);/q;;+2/p-2. The number of carbonyl (C=O) groups excluding carboxylic acids is 2. The molecule has 0 aliphatic rings. The topological polar surface area (TPSA) is 281 Å². The smallest absolute Gasteiger partial charge is 0.870 e. The summed E-state index contributed by atoms with van der Waals surface area (Å²) in [6.07, 6.45) is 0. The molecule has 75 heavy (non-hydrogen) atoms. The van der Waals surface area contributed by atoms with E-state index in [9.17, 15) is 45.7 Å². The number of phenols is 1. The first-order valence-corrected chi connectivity index (χ1v) is 25.7. The molecular weight excluding hydrogens is 1170 g/mol. The minimum absolute atomic E-state index is 0. The minimum Gasteiger partial charge on any atom is -0.870 e. The maximum absolute atomic E-state index is 13.3. The van der Waals surface area contributed by atoms with E-state index in [1.807, 2.05) is 13.8 Å². The van der Waals surface area contributed by atoms with E-state index in [0.717, 1.165) is 18.2 Å². The second-order valence-corrected chi connectivity index (χ2v) is 19.5. The number of aromatic hydroxyl groups is 1. The zero-order valence-corrected chi connectivity index (χ0v) is 47.7. The number of nitrogens with one attached hydrogen (secondary N) is 2. The minimum atomic E-state index is -4.78. The zero-order chi connectivity index (χ0) is 53.5. The third kappa shape index (κ3) is 14.1. The maximum Gasteiger partial charge on any atom is 2.00 e. The van der Waals surface area contributed by atoms with Crippen LogP contribution in [0.5, 0.6) is 23.0 Å². The number of anilines is 2. The van der Waals surface area contributed by atoms with Gasteiger partial charge in [0.25, 0.3) is 21.9 Å². The van der Waals surface area contributed by atoms with Gasteiger partial charge in [-0.25, -0.2) is 8.42 Å². The largest absolute Gasteiger partial charge is 2.00 e. The molecule has 18 nitrogen and oxygen atoms in total. The number of halogens is 2. The van der Waals surface area contributed by atoms with Crippen molar-refractivity contribution in [3.05, 3.63) is 166 Å². The van der Waals surface area contributed by atoms with Crippen molar-refractivity contribution < 1.29 is 55.2 Å². The van der Waals surface area contributed by atoms with Gasteiger partial charge in [0.2, 0.25) is 0 Å². The molecule has 0 fully saturated rings. The van der Waals surface area contributed by atoms with Crippen molar-refractivity contribution >= 4 is 160 Å². The van der Waals surface area contributed by atoms with Gasteiger partial charge < -0.3 is 34.9 Å². The number of fused-ring (bicyclic) bond motifs is 2. The summed E-state index contributed by atoms with van der Waals surface area (Å²) in [4.78, 5) is 25.2. The Hall–Kier alpha value is -6.41. The molecule has 8 rings (SSSR count). The molecule has 0 bridgehead atoms. The Kier molecular flexibility index (Phi) is 19.3. The van der Waals surface area contributed by atoms with Gasteiger partial charge in [0.05, 0.1) is 44.3 Å². The van der Waals surface area contributed by atoms with E-state index < -0.39 is 53.3 Å². The third-order valence-corrected chi connectivity index (χ3v) is 13.5. The summed E-state index contributed by atoms with van der Waals surface area (Å²) in [5, 5.41) is 48.3. The number of aryl methyl sites for hydroxylation is 2. The van der Waals surface area contributed by atoms with Gasteiger partial charge in [0, 0.05) is 27.7 Å². The molecule has 23 heteroatoms. The predicted molar refractivity (Wildman–Crippen MR) is 284 cm³/mol. The molecule has 2 amide bonds. The summed E-state index contributed by atoms with van der Waals surface area (Å²) < 4.78 is 78.0. The summed E-state index contributed by atoms with van der Waals surface area (Å²) in [6.45, 7) is 7.80. The van der Waals surface area contributed by atoms with Gasteiger partial charge in [0.15, 0.2) is 5.75 Å². The van der Waals surface area contributed by atoms with Crippen LogP contribution in [0.1, 0.15) is 45.7 Å². The third-order valence-electron chi connectivity index (χ3n) is 10.8. The summed E-state index contributed by atoms with van der Waals surface area (Å²) >= 11 is 12.5. The molecule has 380 valence electrons. The molecule has 0 radical (unpaired) electrons. The molecule has 0 aliphatic carbocycles. The second kappa shape index (κ2) is 25.0. The number of nitrogens with zero attached hydrogens (tertiary/aromatic N) is 4. The van der Waals surface area contributed by atoms with Crippen molar-refractivity contribution in [3.63, 3.8) is 0 Å². The summed E-state index contributed by atoms with van der Waals surface area (Å²) in [5.41, 5.74) is 1.09. The Bertz CT molecular complexity index is 3530. The van der Waals surface area contributed by atoms with Crippen LogP contribution in [0.3, 0.4) is 0 Å². The van der Waals surface area contributed by atoms with Crippen molar-refractivity contribution in [3.8, 4) is 23.0 Å². The van der Waals surface area contributed by atoms with Crippen molar-refractivity contribution in [2.75, 3.05) is 23.8 Å².